The van der Waals surface area contributed by atoms with Crippen molar-refractivity contribution >= 4 is 17.9 Å². The Morgan fingerprint density at radius 3 is 2.57 bits per heavy atom. The lowest BCUT2D eigenvalue weighted by Gasteiger charge is -2.34. The highest BCUT2D eigenvalue weighted by Crippen LogP contribution is 2.12. The molecular formula is C20H25N5O3. The first kappa shape index (κ1) is 19.6. The number of rotatable bonds is 6. The van der Waals surface area contributed by atoms with Crippen LogP contribution in [-0.4, -0.2) is 66.2 Å². The van der Waals surface area contributed by atoms with Crippen LogP contribution in [0, 0.1) is 0 Å². The summed E-state index contributed by atoms with van der Waals surface area (Å²) in [5.41, 5.74) is 1.51. The van der Waals surface area contributed by atoms with Crippen LogP contribution in [0.3, 0.4) is 0 Å². The highest BCUT2D eigenvalue weighted by molar-refractivity contribution is 5.92. The van der Waals surface area contributed by atoms with Crippen LogP contribution in [0.4, 0.5) is 10.7 Å². The zero-order valence-electron chi connectivity index (χ0n) is 16.0. The van der Waals surface area contributed by atoms with Gasteiger partial charge in [0, 0.05) is 38.9 Å². The average molecular weight is 383 g/mol. The van der Waals surface area contributed by atoms with Crippen LogP contribution < -0.4 is 10.2 Å². The Bertz CT molecular complexity index is 791. The fourth-order valence-corrected chi connectivity index (χ4v) is 2.99. The van der Waals surface area contributed by atoms with Gasteiger partial charge in [0.05, 0.1) is 6.61 Å². The lowest BCUT2D eigenvalue weighted by molar-refractivity contribution is 0.0949. The predicted molar refractivity (Wildman–Crippen MR) is 105 cm³/mol. The van der Waals surface area contributed by atoms with E-state index in [4.69, 9.17) is 4.74 Å². The van der Waals surface area contributed by atoms with E-state index in [9.17, 15) is 9.59 Å². The molecule has 8 nitrogen and oxygen atoms in total. The Balaban J connectivity index is 1.52. The number of ether oxygens (including phenoxy) is 1. The summed E-state index contributed by atoms with van der Waals surface area (Å²) >= 11 is 0. The van der Waals surface area contributed by atoms with Gasteiger partial charge in [0.2, 0.25) is 5.95 Å². The standard InChI is InChI=1S/C20H25N5O3/c1-2-28-20(27)25-14-12-24(13-15-25)19-22-11-9-17(23-19)18(26)21-10-8-16-6-4-3-5-7-16/h3-7,9,11H,2,8,10,12-15H2,1H3,(H,21,26). The molecule has 1 aliphatic rings. The summed E-state index contributed by atoms with van der Waals surface area (Å²) in [4.78, 5) is 36.5. The highest BCUT2D eigenvalue weighted by Gasteiger charge is 2.23. The second-order valence-electron chi connectivity index (χ2n) is 6.41. The minimum Gasteiger partial charge on any atom is -0.450 e. The maximum Gasteiger partial charge on any atom is 0.409 e. The monoisotopic (exact) mass is 383 g/mol. The van der Waals surface area contributed by atoms with Crippen molar-refractivity contribution in [1.29, 1.82) is 0 Å². The largest absolute Gasteiger partial charge is 0.450 e. The molecule has 3 rings (SSSR count). The molecular weight excluding hydrogens is 358 g/mol. The quantitative estimate of drug-likeness (QED) is 0.817. The van der Waals surface area contributed by atoms with Gasteiger partial charge in [-0.25, -0.2) is 14.8 Å². The number of piperazine rings is 1. The van der Waals surface area contributed by atoms with E-state index in [-0.39, 0.29) is 12.0 Å². The molecule has 1 aromatic carbocycles. The van der Waals surface area contributed by atoms with Gasteiger partial charge in [-0.05, 0) is 25.0 Å². The Morgan fingerprint density at radius 1 is 1.11 bits per heavy atom. The Kier molecular flexibility index (Phi) is 6.78. The summed E-state index contributed by atoms with van der Waals surface area (Å²) in [5, 5.41) is 2.90. The molecule has 1 N–H and O–H groups in total. The number of nitrogens with one attached hydrogen (secondary N) is 1. The van der Waals surface area contributed by atoms with Gasteiger partial charge in [-0.3, -0.25) is 4.79 Å². The minimum absolute atomic E-state index is 0.218. The van der Waals surface area contributed by atoms with Crippen LogP contribution >= 0.6 is 0 Å². The Labute approximate surface area is 164 Å². The van der Waals surface area contributed by atoms with Crippen molar-refractivity contribution in [3.63, 3.8) is 0 Å². The van der Waals surface area contributed by atoms with E-state index in [1.54, 1.807) is 24.1 Å². The van der Waals surface area contributed by atoms with Crippen LogP contribution in [0.2, 0.25) is 0 Å². The molecule has 0 saturated carbocycles. The number of hydrogen-bond donors (Lipinski definition) is 1. The molecule has 2 heterocycles. The molecule has 0 aliphatic carbocycles. The number of carbonyl (C=O) groups is 2. The van der Waals surface area contributed by atoms with Gasteiger partial charge in [-0.15, -0.1) is 0 Å². The first-order chi connectivity index (χ1) is 13.7. The third-order valence-corrected chi connectivity index (χ3v) is 4.51. The number of nitrogens with zero attached hydrogens (tertiary/aromatic N) is 4. The molecule has 0 spiro atoms. The zero-order chi connectivity index (χ0) is 19.8. The van der Waals surface area contributed by atoms with Gasteiger partial charge >= 0.3 is 6.09 Å². The van der Waals surface area contributed by atoms with Gasteiger partial charge in [-0.2, -0.15) is 0 Å². The average Bonchev–Trinajstić information content (AvgIpc) is 2.75. The van der Waals surface area contributed by atoms with Crippen molar-refractivity contribution in [1.82, 2.24) is 20.2 Å². The smallest absolute Gasteiger partial charge is 0.409 e. The van der Waals surface area contributed by atoms with Crippen molar-refractivity contribution in [2.24, 2.45) is 0 Å². The first-order valence-corrected chi connectivity index (χ1v) is 9.49. The molecule has 2 aromatic rings. The Hall–Kier alpha value is -3.16. The molecule has 2 amide bonds. The molecule has 0 radical (unpaired) electrons. The molecule has 148 valence electrons. The van der Waals surface area contributed by atoms with Crippen LogP contribution in [0.15, 0.2) is 42.6 Å². The van der Waals surface area contributed by atoms with Gasteiger partial charge in [0.1, 0.15) is 5.69 Å². The Morgan fingerprint density at radius 2 is 1.86 bits per heavy atom. The summed E-state index contributed by atoms with van der Waals surface area (Å²) in [7, 11) is 0. The molecule has 0 unspecified atom stereocenters. The maximum atomic E-state index is 12.4. The molecule has 1 aromatic heterocycles. The lowest BCUT2D eigenvalue weighted by atomic mass is 10.1. The van der Waals surface area contributed by atoms with Crippen LogP contribution in [-0.2, 0) is 11.2 Å². The summed E-state index contributed by atoms with van der Waals surface area (Å²) in [6, 6.07) is 11.6. The van der Waals surface area contributed by atoms with Crippen molar-refractivity contribution < 1.29 is 14.3 Å². The number of anilines is 1. The van der Waals surface area contributed by atoms with Crippen molar-refractivity contribution in [3.8, 4) is 0 Å². The van der Waals surface area contributed by atoms with E-state index in [0.717, 1.165) is 6.42 Å². The van der Waals surface area contributed by atoms with Crippen LogP contribution in [0.25, 0.3) is 0 Å². The lowest BCUT2D eigenvalue weighted by Crippen LogP contribution is -2.49. The van der Waals surface area contributed by atoms with Gasteiger partial charge in [0.25, 0.3) is 5.91 Å². The molecule has 0 atom stereocenters. The number of hydrogen-bond acceptors (Lipinski definition) is 6. The van der Waals surface area contributed by atoms with E-state index >= 15 is 0 Å². The fraction of sp³-hybridized carbons (Fsp3) is 0.400. The topological polar surface area (TPSA) is 87.7 Å². The minimum atomic E-state index is -0.297. The number of benzene rings is 1. The van der Waals surface area contributed by atoms with Crippen LogP contribution in [0.1, 0.15) is 23.0 Å². The third kappa shape index (κ3) is 5.18. The molecule has 1 aliphatic heterocycles. The van der Waals surface area contributed by atoms with E-state index in [1.807, 2.05) is 35.2 Å². The second-order valence-corrected chi connectivity index (χ2v) is 6.41. The summed E-state index contributed by atoms with van der Waals surface area (Å²) in [5.74, 6) is 0.281. The number of aromatic nitrogens is 2. The van der Waals surface area contributed by atoms with Gasteiger partial charge < -0.3 is 19.9 Å². The molecule has 1 saturated heterocycles. The fourth-order valence-electron chi connectivity index (χ4n) is 2.99. The van der Waals surface area contributed by atoms with E-state index in [2.05, 4.69) is 15.3 Å². The molecule has 8 heteroatoms. The number of carbonyl (C=O) groups excluding carboxylic acids is 2. The van der Waals surface area contributed by atoms with E-state index in [1.165, 1.54) is 5.56 Å². The van der Waals surface area contributed by atoms with Gasteiger partial charge in [0.15, 0.2) is 0 Å². The van der Waals surface area contributed by atoms with E-state index in [0.29, 0.717) is 51.0 Å². The molecule has 0 bridgehead atoms. The number of amides is 2. The van der Waals surface area contributed by atoms with Crippen molar-refractivity contribution in [3.05, 3.63) is 53.9 Å². The summed E-state index contributed by atoms with van der Waals surface area (Å²) in [6.45, 7) is 4.96. The SMILES string of the molecule is CCOC(=O)N1CCN(c2nccc(C(=O)NCCc3ccccc3)n2)CC1. The normalized spacial score (nSPS) is 13.9. The molecule has 1 fully saturated rings. The van der Waals surface area contributed by atoms with Crippen molar-refractivity contribution in [2.45, 2.75) is 13.3 Å². The zero-order valence-corrected chi connectivity index (χ0v) is 16.0. The van der Waals surface area contributed by atoms with Crippen LogP contribution in [0.5, 0.6) is 0 Å². The van der Waals surface area contributed by atoms with E-state index < -0.39 is 0 Å². The highest BCUT2D eigenvalue weighted by atomic mass is 16.6. The molecule has 28 heavy (non-hydrogen) atoms. The summed E-state index contributed by atoms with van der Waals surface area (Å²) < 4.78 is 5.03. The third-order valence-electron chi connectivity index (χ3n) is 4.51. The second kappa shape index (κ2) is 9.68. The predicted octanol–water partition coefficient (Wildman–Crippen LogP) is 1.73. The summed E-state index contributed by atoms with van der Waals surface area (Å²) in [6.07, 6.45) is 2.06. The maximum absolute atomic E-state index is 12.4. The van der Waals surface area contributed by atoms with Crippen molar-refractivity contribution in [2.75, 3.05) is 44.2 Å². The first-order valence-electron chi connectivity index (χ1n) is 9.49. The van der Waals surface area contributed by atoms with Gasteiger partial charge in [-0.1, -0.05) is 30.3 Å².